The number of ether oxygens (including phenoxy) is 1. The molecule has 4 aromatic rings. The summed E-state index contributed by atoms with van der Waals surface area (Å²) in [5, 5.41) is 0. The third kappa shape index (κ3) is 3.04. The van der Waals surface area contributed by atoms with Crippen LogP contribution in [0.1, 0.15) is 23.0 Å². The van der Waals surface area contributed by atoms with E-state index in [-0.39, 0.29) is 11.9 Å². The van der Waals surface area contributed by atoms with Gasteiger partial charge < -0.3 is 18.6 Å². The van der Waals surface area contributed by atoms with Gasteiger partial charge in [0.2, 0.25) is 0 Å². The van der Waals surface area contributed by atoms with E-state index in [0.29, 0.717) is 18.8 Å². The number of amides is 1. The number of carbonyl (C=O) groups is 1. The summed E-state index contributed by atoms with van der Waals surface area (Å²) in [5.74, 6) is 1.93. The minimum Gasteiger partial charge on any atom is -0.497 e. The fourth-order valence-corrected chi connectivity index (χ4v) is 3.91. The molecule has 7 nitrogen and oxygen atoms in total. The van der Waals surface area contributed by atoms with Crippen LogP contribution in [0.25, 0.3) is 22.6 Å². The quantitative estimate of drug-likeness (QED) is 0.532. The molecule has 0 radical (unpaired) electrons. The van der Waals surface area contributed by atoms with Gasteiger partial charge >= 0.3 is 0 Å². The highest BCUT2D eigenvalue weighted by atomic mass is 16.5. The molecule has 0 aliphatic carbocycles. The highest BCUT2D eigenvalue weighted by Crippen LogP contribution is 2.33. The van der Waals surface area contributed by atoms with E-state index in [2.05, 4.69) is 9.55 Å². The van der Waals surface area contributed by atoms with Gasteiger partial charge in [0, 0.05) is 24.8 Å². The summed E-state index contributed by atoms with van der Waals surface area (Å²) in [6.45, 7) is 1.25. The number of fused-ring (bicyclic) bond motifs is 1. The second-order valence-electron chi connectivity index (χ2n) is 7.05. The normalized spacial score (nSPS) is 16.4. The lowest BCUT2D eigenvalue weighted by atomic mass is 10.2. The number of hydrogen-bond acceptors (Lipinski definition) is 5. The van der Waals surface area contributed by atoms with Crippen LogP contribution in [0.15, 0.2) is 65.4 Å². The van der Waals surface area contributed by atoms with Gasteiger partial charge in [-0.25, -0.2) is 9.97 Å². The number of furan rings is 1. The number of nitrogens with zero attached hydrogens (tertiary/aromatic N) is 4. The van der Waals surface area contributed by atoms with Gasteiger partial charge in [0.25, 0.3) is 5.91 Å². The third-order valence-corrected chi connectivity index (χ3v) is 5.34. The topological polar surface area (TPSA) is 73.4 Å². The van der Waals surface area contributed by atoms with E-state index in [1.165, 1.54) is 6.26 Å². The number of rotatable bonds is 4. The number of aromatic nitrogens is 3. The Morgan fingerprint density at radius 3 is 2.79 bits per heavy atom. The summed E-state index contributed by atoms with van der Waals surface area (Å²) in [7, 11) is 1.65. The molecule has 29 heavy (non-hydrogen) atoms. The van der Waals surface area contributed by atoms with E-state index in [4.69, 9.17) is 14.1 Å². The van der Waals surface area contributed by atoms with Crippen LogP contribution in [0.3, 0.4) is 0 Å². The Labute approximate surface area is 167 Å². The molecule has 1 aliphatic rings. The molecule has 1 unspecified atom stereocenters. The monoisotopic (exact) mass is 388 g/mol. The van der Waals surface area contributed by atoms with E-state index < -0.39 is 0 Å². The zero-order valence-corrected chi connectivity index (χ0v) is 16.0. The second kappa shape index (κ2) is 7.09. The van der Waals surface area contributed by atoms with E-state index in [1.807, 2.05) is 41.3 Å². The van der Waals surface area contributed by atoms with Crippen LogP contribution in [0.2, 0.25) is 0 Å². The molecule has 1 atom stereocenters. The molecule has 1 aromatic carbocycles. The number of pyridine rings is 1. The molecule has 0 N–H and O–H groups in total. The first kappa shape index (κ1) is 17.5. The zero-order valence-electron chi connectivity index (χ0n) is 16.0. The maximum atomic E-state index is 12.7. The molecule has 4 heterocycles. The van der Waals surface area contributed by atoms with Crippen molar-refractivity contribution in [1.29, 1.82) is 0 Å². The maximum Gasteiger partial charge on any atom is 0.289 e. The van der Waals surface area contributed by atoms with E-state index in [9.17, 15) is 4.79 Å². The highest BCUT2D eigenvalue weighted by Gasteiger charge is 2.32. The maximum absolute atomic E-state index is 12.7. The molecule has 0 spiro atoms. The molecule has 5 rings (SSSR count). The van der Waals surface area contributed by atoms with Crippen molar-refractivity contribution in [3.05, 3.63) is 66.8 Å². The molecule has 0 bridgehead atoms. The fraction of sp³-hybridized carbons (Fsp3) is 0.227. The summed E-state index contributed by atoms with van der Waals surface area (Å²) in [5.41, 5.74) is 2.66. The molecule has 1 fully saturated rings. The third-order valence-electron chi connectivity index (χ3n) is 5.34. The molecule has 1 saturated heterocycles. The van der Waals surface area contributed by atoms with Crippen molar-refractivity contribution < 1.29 is 13.9 Å². The van der Waals surface area contributed by atoms with E-state index >= 15 is 0 Å². The Kier molecular flexibility index (Phi) is 4.27. The minimum atomic E-state index is -0.0825. The summed E-state index contributed by atoms with van der Waals surface area (Å²) in [6, 6.07) is 15.2. The van der Waals surface area contributed by atoms with Gasteiger partial charge in [0.1, 0.15) is 17.1 Å². The average molecular weight is 388 g/mol. The van der Waals surface area contributed by atoms with E-state index in [0.717, 1.165) is 34.7 Å². The van der Waals surface area contributed by atoms with Crippen LogP contribution in [0.5, 0.6) is 5.75 Å². The van der Waals surface area contributed by atoms with Gasteiger partial charge in [-0.05, 0) is 55.0 Å². The van der Waals surface area contributed by atoms with Gasteiger partial charge in [0.15, 0.2) is 11.4 Å². The lowest BCUT2D eigenvalue weighted by Gasteiger charge is -2.18. The van der Waals surface area contributed by atoms with Crippen LogP contribution in [-0.4, -0.2) is 45.5 Å². The van der Waals surface area contributed by atoms with Crippen molar-refractivity contribution in [2.24, 2.45) is 0 Å². The van der Waals surface area contributed by atoms with Crippen molar-refractivity contribution in [2.75, 3.05) is 20.2 Å². The molecular weight excluding hydrogens is 368 g/mol. The molecule has 7 heteroatoms. The first-order valence-corrected chi connectivity index (χ1v) is 9.55. The first-order chi connectivity index (χ1) is 14.2. The van der Waals surface area contributed by atoms with E-state index in [1.54, 1.807) is 25.4 Å². The number of imidazole rings is 1. The van der Waals surface area contributed by atoms with Crippen molar-refractivity contribution >= 4 is 17.1 Å². The van der Waals surface area contributed by atoms with Crippen LogP contribution in [-0.2, 0) is 0 Å². The van der Waals surface area contributed by atoms with Crippen LogP contribution < -0.4 is 4.74 Å². The molecule has 1 aliphatic heterocycles. The minimum absolute atomic E-state index is 0.0825. The number of benzene rings is 1. The Balaban J connectivity index is 1.53. The lowest BCUT2D eigenvalue weighted by Crippen LogP contribution is -2.28. The Morgan fingerprint density at radius 2 is 2.03 bits per heavy atom. The summed E-state index contributed by atoms with van der Waals surface area (Å²) < 4.78 is 12.7. The lowest BCUT2D eigenvalue weighted by molar-refractivity contribution is 0.0756. The molecule has 146 valence electrons. The first-order valence-electron chi connectivity index (χ1n) is 9.55. The molecule has 0 saturated carbocycles. The molecule has 1 amide bonds. The Bertz CT molecular complexity index is 1150. The van der Waals surface area contributed by atoms with Crippen LogP contribution in [0.4, 0.5) is 0 Å². The van der Waals surface area contributed by atoms with Crippen LogP contribution in [0, 0.1) is 0 Å². The predicted octanol–water partition coefficient (Wildman–Crippen LogP) is 3.79. The summed E-state index contributed by atoms with van der Waals surface area (Å²) in [6.07, 6.45) is 4.13. The van der Waals surface area contributed by atoms with Crippen molar-refractivity contribution in [3.8, 4) is 17.1 Å². The van der Waals surface area contributed by atoms with Crippen molar-refractivity contribution in [1.82, 2.24) is 19.4 Å². The smallest absolute Gasteiger partial charge is 0.289 e. The van der Waals surface area contributed by atoms with Gasteiger partial charge in [0.05, 0.1) is 19.4 Å². The summed E-state index contributed by atoms with van der Waals surface area (Å²) in [4.78, 5) is 23.9. The number of methoxy groups -OCH3 is 1. The van der Waals surface area contributed by atoms with Gasteiger partial charge in [-0.2, -0.15) is 0 Å². The number of carbonyl (C=O) groups excluding carboxylic acids is 1. The van der Waals surface area contributed by atoms with Crippen molar-refractivity contribution in [2.45, 2.75) is 12.5 Å². The van der Waals surface area contributed by atoms with Crippen molar-refractivity contribution in [3.63, 3.8) is 0 Å². The Morgan fingerprint density at radius 1 is 1.17 bits per heavy atom. The Hall–Kier alpha value is -3.61. The summed E-state index contributed by atoms with van der Waals surface area (Å²) >= 11 is 0. The predicted molar refractivity (Wildman–Crippen MR) is 108 cm³/mol. The largest absolute Gasteiger partial charge is 0.497 e. The average Bonchev–Trinajstić information content (AvgIpc) is 3.52. The zero-order chi connectivity index (χ0) is 19.8. The van der Waals surface area contributed by atoms with Gasteiger partial charge in [-0.1, -0.05) is 0 Å². The fourth-order valence-electron chi connectivity index (χ4n) is 3.91. The molecular formula is C22H20N4O3. The number of hydrogen-bond donors (Lipinski definition) is 0. The highest BCUT2D eigenvalue weighted by molar-refractivity contribution is 5.91. The second-order valence-corrected chi connectivity index (χ2v) is 7.05. The van der Waals surface area contributed by atoms with Crippen LogP contribution >= 0.6 is 0 Å². The standard InChI is InChI=1S/C22H20N4O3/c1-28-17-8-6-15(7-9-17)20-24-18-4-2-11-23-21(18)26(20)16-10-12-25(14-16)22(27)19-5-3-13-29-19/h2-9,11,13,16H,10,12,14H2,1H3. The van der Waals surface area contributed by atoms with Gasteiger partial charge in [-0.15, -0.1) is 0 Å². The number of likely N-dealkylation sites (tertiary alicyclic amines) is 1. The molecule has 3 aromatic heterocycles. The van der Waals surface area contributed by atoms with Gasteiger partial charge in [-0.3, -0.25) is 4.79 Å². The SMILES string of the molecule is COc1ccc(-c2nc3cccnc3n2C2CCN(C(=O)c3ccco3)C2)cc1.